The average molecular weight is 480 g/mol. The second-order valence-corrected chi connectivity index (χ2v) is 8.11. The second-order valence-electron chi connectivity index (χ2n) is 7.19. The molecule has 1 atom stereocenters. The van der Waals surface area contributed by atoms with Crippen LogP contribution in [0.15, 0.2) is 83.0 Å². The van der Waals surface area contributed by atoms with Gasteiger partial charge in [0.25, 0.3) is 5.91 Å². The maximum absolute atomic E-state index is 13.2. The Morgan fingerprint density at radius 1 is 0.968 bits per heavy atom. The zero-order valence-corrected chi connectivity index (χ0v) is 18.8. The predicted octanol–water partition coefficient (Wildman–Crippen LogP) is 5.52. The molecule has 1 aliphatic heterocycles. The van der Waals surface area contributed by atoms with Crippen molar-refractivity contribution in [2.75, 3.05) is 14.2 Å². The number of benzene rings is 3. The fraction of sp³-hybridized carbons (Fsp3) is 0.160. The van der Waals surface area contributed by atoms with Crippen LogP contribution in [0.5, 0.6) is 11.5 Å². The van der Waals surface area contributed by atoms with Gasteiger partial charge in [-0.25, -0.2) is 0 Å². The summed E-state index contributed by atoms with van der Waals surface area (Å²) in [5.41, 5.74) is 3.09. The second kappa shape index (κ2) is 8.86. The molecule has 0 spiro atoms. The van der Waals surface area contributed by atoms with Crippen LogP contribution in [0.4, 0.5) is 0 Å². The Kier molecular flexibility index (Phi) is 6.00. The van der Waals surface area contributed by atoms with Crippen molar-refractivity contribution in [3.63, 3.8) is 0 Å². The van der Waals surface area contributed by atoms with Crippen LogP contribution in [0.2, 0.25) is 0 Å². The van der Waals surface area contributed by atoms with Gasteiger partial charge in [-0.2, -0.15) is 0 Å². The SMILES string of the molecule is COc1ccc(C2=C(O)C(=O)N(Cc3ccccc3OC)[C@H]2c2cccc(Br)c2)cc1. The van der Waals surface area contributed by atoms with Crippen LogP contribution in [0, 0.1) is 0 Å². The molecule has 0 bridgehead atoms. The van der Waals surface area contributed by atoms with Crippen LogP contribution in [-0.4, -0.2) is 30.1 Å². The number of methoxy groups -OCH3 is 2. The third-order valence-corrected chi connectivity index (χ3v) is 5.90. The van der Waals surface area contributed by atoms with Gasteiger partial charge in [-0.05, 0) is 41.5 Å². The van der Waals surface area contributed by atoms with E-state index >= 15 is 0 Å². The Balaban J connectivity index is 1.82. The molecule has 0 radical (unpaired) electrons. The maximum atomic E-state index is 13.2. The molecule has 0 aromatic heterocycles. The third kappa shape index (κ3) is 4.03. The molecule has 5 nitrogen and oxygen atoms in total. The van der Waals surface area contributed by atoms with E-state index in [1.807, 2.05) is 72.8 Å². The van der Waals surface area contributed by atoms with E-state index in [9.17, 15) is 9.90 Å². The number of nitrogens with zero attached hydrogens (tertiary/aromatic N) is 1. The topological polar surface area (TPSA) is 59.0 Å². The molecule has 1 aliphatic rings. The van der Waals surface area contributed by atoms with Crippen molar-refractivity contribution in [2.45, 2.75) is 12.6 Å². The smallest absolute Gasteiger partial charge is 0.290 e. The summed E-state index contributed by atoms with van der Waals surface area (Å²) in [5.74, 6) is 0.741. The largest absolute Gasteiger partial charge is 0.503 e. The first-order chi connectivity index (χ1) is 15.0. The van der Waals surface area contributed by atoms with Crippen molar-refractivity contribution in [3.05, 3.63) is 99.7 Å². The van der Waals surface area contributed by atoms with E-state index in [1.165, 1.54) is 0 Å². The van der Waals surface area contributed by atoms with Gasteiger partial charge in [0.2, 0.25) is 0 Å². The van der Waals surface area contributed by atoms with Crippen molar-refractivity contribution >= 4 is 27.4 Å². The fourth-order valence-electron chi connectivity index (χ4n) is 3.92. The quantitative estimate of drug-likeness (QED) is 0.505. The lowest BCUT2D eigenvalue weighted by Crippen LogP contribution is -2.30. The van der Waals surface area contributed by atoms with Gasteiger partial charge >= 0.3 is 0 Å². The van der Waals surface area contributed by atoms with Gasteiger partial charge in [-0.1, -0.05) is 58.4 Å². The molecule has 1 amide bonds. The Bertz CT molecular complexity index is 1140. The average Bonchev–Trinajstić information content (AvgIpc) is 3.04. The highest BCUT2D eigenvalue weighted by Gasteiger charge is 2.41. The van der Waals surface area contributed by atoms with E-state index in [4.69, 9.17) is 9.47 Å². The van der Waals surface area contributed by atoms with E-state index in [-0.39, 0.29) is 5.76 Å². The minimum Gasteiger partial charge on any atom is -0.503 e. The lowest BCUT2D eigenvalue weighted by atomic mass is 9.93. The number of amides is 1. The number of para-hydroxylation sites is 1. The van der Waals surface area contributed by atoms with Gasteiger partial charge in [0, 0.05) is 15.6 Å². The molecule has 3 aromatic rings. The van der Waals surface area contributed by atoms with E-state index in [2.05, 4.69) is 15.9 Å². The molecular formula is C25H22BrNO4. The molecule has 1 heterocycles. The molecule has 4 rings (SSSR count). The molecule has 158 valence electrons. The van der Waals surface area contributed by atoms with Gasteiger partial charge in [-0.15, -0.1) is 0 Å². The maximum Gasteiger partial charge on any atom is 0.290 e. The summed E-state index contributed by atoms with van der Waals surface area (Å²) < 4.78 is 11.6. The normalized spacial score (nSPS) is 16.0. The van der Waals surface area contributed by atoms with Crippen molar-refractivity contribution < 1.29 is 19.4 Å². The number of aliphatic hydroxyl groups is 1. The molecule has 1 N–H and O–H groups in total. The van der Waals surface area contributed by atoms with Crippen LogP contribution in [-0.2, 0) is 11.3 Å². The molecule has 0 saturated heterocycles. The van der Waals surface area contributed by atoms with E-state index in [0.717, 1.165) is 21.2 Å². The number of halogens is 1. The summed E-state index contributed by atoms with van der Waals surface area (Å²) >= 11 is 3.53. The first kappa shape index (κ1) is 21.0. The van der Waals surface area contributed by atoms with Crippen LogP contribution in [0.1, 0.15) is 22.7 Å². The highest BCUT2D eigenvalue weighted by Crippen LogP contribution is 2.44. The minimum atomic E-state index is -0.455. The van der Waals surface area contributed by atoms with Crippen LogP contribution in [0.3, 0.4) is 0 Å². The zero-order chi connectivity index (χ0) is 22.0. The molecular weight excluding hydrogens is 458 g/mol. The van der Waals surface area contributed by atoms with Gasteiger partial charge in [0.1, 0.15) is 11.5 Å². The summed E-state index contributed by atoms with van der Waals surface area (Å²) in [7, 11) is 3.21. The number of ether oxygens (including phenoxy) is 2. The molecule has 31 heavy (non-hydrogen) atoms. The molecule has 0 saturated carbocycles. The van der Waals surface area contributed by atoms with Crippen LogP contribution in [0.25, 0.3) is 5.57 Å². The number of hydrogen-bond acceptors (Lipinski definition) is 4. The van der Waals surface area contributed by atoms with Crippen molar-refractivity contribution in [1.82, 2.24) is 4.90 Å². The Labute approximate surface area is 189 Å². The highest BCUT2D eigenvalue weighted by molar-refractivity contribution is 9.10. The lowest BCUT2D eigenvalue weighted by molar-refractivity contribution is -0.130. The summed E-state index contributed by atoms with van der Waals surface area (Å²) in [6.07, 6.45) is 0. The Morgan fingerprint density at radius 2 is 1.71 bits per heavy atom. The highest BCUT2D eigenvalue weighted by atomic mass is 79.9. The van der Waals surface area contributed by atoms with Crippen LogP contribution < -0.4 is 9.47 Å². The monoisotopic (exact) mass is 479 g/mol. The molecule has 3 aromatic carbocycles. The minimum absolute atomic E-state index is 0.245. The molecule has 0 aliphatic carbocycles. The number of carbonyl (C=O) groups excluding carboxylic acids is 1. The standard InChI is InChI=1S/C25H22BrNO4/c1-30-20-12-10-16(11-13-20)22-23(17-7-5-8-19(26)14-17)27(25(29)24(22)28)15-18-6-3-4-9-21(18)31-2/h3-14,23,28H,15H2,1-2H3/t23-/m0/s1. The fourth-order valence-corrected chi connectivity index (χ4v) is 4.34. The molecule has 0 unspecified atom stereocenters. The summed E-state index contributed by atoms with van der Waals surface area (Å²) in [6, 6.07) is 22.3. The van der Waals surface area contributed by atoms with E-state index < -0.39 is 11.9 Å². The molecule has 6 heteroatoms. The number of carbonyl (C=O) groups is 1. The number of rotatable bonds is 6. The van der Waals surface area contributed by atoms with Gasteiger partial charge in [0.15, 0.2) is 5.76 Å². The number of aliphatic hydroxyl groups excluding tert-OH is 1. The molecule has 0 fully saturated rings. The van der Waals surface area contributed by atoms with Crippen molar-refractivity contribution in [1.29, 1.82) is 0 Å². The van der Waals surface area contributed by atoms with E-state index in [1.54, 1.807) is 19.1 Å². The van der Waals surface area contributed by atoms with Crippen molar-refractivity contribution in [3.8, 4) is 11.5 Å². The summed E-state index contributed by atoms with van der Waals surface area (Å²) in [6.45, 7) is 0.295. The summed E-state index contributed by atoms with van der Waals surface area (Å²) in [5, 5.41) is 10.9. The Morgan fingerprint density at radius 3 is 2.39 bits per heavy atom. The number of hydrogen-bond donors (Lipinski definition) is 1. The lowest BCUT2D eigenvalue weighted by Gasteiger charge is -2.28. The van der Waals surface area contributed by atoms with E-state index in [0.29, 0.717) is 23.6 Å². The predicted molar refractivity (Wildman–Crippen MR) is 123 cm³/mol. The van der Waals surface area contributed by atoms with Gasteiger partial charge < -0.3 is 19.5 Å². The summed E-state index contributed by atoms with van der Waals surface area (Å²) in [4.78, 5) is 14.9. The van der Waals surface area contributed by atoms with Crippen LogP contribution >= 0.6 is 15.9 Å². The van der Waals surface area contributed by atoms with Gasteiger partial charge in [-0.3, -0.25) is 4.79 Å². The van der Waals surface area contributed by atoms with Gasteiger partial charge in [0.05, 0.1) is 26.8 Å². The zero-order valence-electron chi connectivity index (χ0n) is 17.2. The third-order valence-electron chi connectivity index (χ3n) is 5.40. The first-order valence-corrected chi connectivity index (χ1v) is 10.6. The first-order valence-electron chi connectivity index (χ1n) is 9.79. The Hall–Kier alpha value is -3.25. The van der Waals surface area contributed by atoms with Crippen molar-refractivity contribution in [2.24, 2.45) is 0 Å².